The Labute approximate surface area is 96.0 Å². The van der Waals surface area contributed by atoms with Gasteiger partial charge in [0.2, 0.25) is 0 Å². The first-order chi connectivity index (χ1) is 7.78. The third-order valence-electron chi connectivity index (χ3n) is 1.76. The molecule has 1 heterocycles. The van der Waals surface area contributed by atoms with Gasteiger partial charge in [0.05, 0.1) is 12.4 Å². The van der Waals surface area contributed by atoms with Crippen LogP contribution in [-0.2, 0) is 0 Å². The fourth-order valence-electron chi connectivity index (χ4n) is 1.08. The number of aromatic nitrogens is 2. The number of benzene rings is 1. The van der Waals surface area contributed by atoms with Gasteiger partial charge >= 0.3 is 0 Å². The van der Waals surface area contributed by atoms with Gasteiger partial charge in [-0.3, -0.25) is 0 Å². The molecule has 16 heavy (non-hydrogen) atoms. The lowest BCUT2D eigenvalue weighted by Gasteiger charge is -1.99. The Morgan fingerprint density at radius 3 is 2.75 bits per heavy atom. The highest BCUT2D eigenvalue weighted by Gasteiger charge is 2.01. The normalized spacial score (nSPS) is 9.75. The SMILES string of the molecule is N#Cc1cnc(Sc2cccc(F)c2)cn1. The van der Waals surface area contributed by atoms with Crippen LogP contribution in [-0.4, -0.2) is 9.97 Å². The second-order valence-corrected chi connectivity index (χ2v) is 4.00. The van der Waals surface area contributed by atoms with Gasteiger partial charge in [0.15, 0.2) is 5.69 Å². The third kappa shape index (κ3) is 2.55. The lowest BCUT2D eigenvalue weighted by molar-refractivity contribution is 0.624. The van der Waals surface area contributed by atoms with Crippen molar-refractivity contribution in [3.63, 3.8) is 0 Å². The molecule has 3 nitrogen and oxygen atoms in total. The zero-order valence-corrected chi connectivity index (χ0v) is 8.91. The van der Waals surface area contributed by atoms with E-state index in [1.807, 2.05) is 6.07 Å². The summed E-state index contributed by atoms with van der Waals surface area (Å²) in [4.78, 5) is 8.66. The summed E-state index contributed by atoms with van der Waals surface area (Å²) in [6.45, 7) is 0. The van der Waals surface area contributed by atoms with Crippen molar-refractivity contribution in [2.24, 2.45) is 0 Å². The van der Waals surface area contributed by atoms with Gasteiger partial charge in [0.25, 0.3) is 0 Å². The lowest BCUT2D eigenvalue weighted by Crippen LogP contribution is -1.86. The van der Waals surface area contributed by atoms with Crippen molar-refractivity contribution in [1.82, 2.24) is 9.97 Å². The number of nitrogens with zero attached hydrogens (tertiary/aromatic N) is 3. The van der Waals surface area contributed by atoms with Crippen molar-refractivity contribution < 1.29 is 4.39 Å². The van der Waals surface area contributed by atoms with Crippen LogP contribution < -0.4 is 0 Å². The Morgan fingerprint density at radius 2 is 2.12 bits per heavy atom. The summed E-state index contributed by atoms with van der Waals surface area (Å²) in [6, 6.07) is 8.11. The highest BCUT2D eigenvalue weighted by molar-refractivity contribution is 7.99. The zero-order chi connectivity index (χ0) is 11.4. The number of hydrogen-bond donors (Lipinski definition) is 0. The second-order valence-electron chi connectivity index (χ2n) is 2.91. The van der Waals surface area contributed by atoms with E-state index in [-0.39, 0.29) is 11.5 Å². The molecule has 0 radical (unpaired) electrons. The molecule has 0 aliphatic heterocycles. The maximum absolute atomic E-state index is 12.9. The molecule has 0 N–H and O–H groups in total. The largest absolute Gasteiger partial charge is 0.245 e. The molecule has 2 rings (SSSR count). The summed E-state index contributed by atoms with van der Waals surface area (Å²) in [6.07, 6.45) is 2.88. The first kappa shape index (κ1) is 10.6. The van der Waals surface area contributed by atoms with E-state index in [4.69, 9.17) is 5.26 Å². The standard InChI is InChI=1S/C11H6FN3S/c12-8-2-1-3-10(4-8)16-11-7-14-9(5-13)6-15-11/h1-4,6-7H. The number of hydrogen-bond acceptors (Lipinski definition) is 4. The summed E-state index contributed by atoms with van der Waals surface area (Å²) in [5.41, 5.74) is 0.267. The molecule has 0 fully saturated rings. The number of nitriles is 1. The predicted octanol–water partition coefficient (Wildman–Crippen LogP) is 2.64. The maximum Gasteiger partial charge on any atom is 0.158 e. The highest BCUT2D eigenvalue weighted by Crippen LogP contribution is 2.25. The average molecular weight is 231 g/mol. The molecule has 0 atom stereocenters. The van der Waals surface area contributed by atoms with Crippen LogP contribution in [0.1, 0.15) is 5.69 Å². The van der Waals surface area contributed by atoms with Gasteiger partial charge in [0.1, 0.15) is 16.9 Å². The molecule has 5 heteroatoms. The minimum Gasteiger partial charge on any atom is -0.245 e. The monoisotopic (exact) mass is 231 g/mol. The van der Waals surface area contributed by atoms with E-state index in [1.165, 1.54) is 36.3 Å². The first-order valence-corrected chi connectivity index (χ1v) is 5.25. The molecule has 78 valence electrons. The van der Waals surface area contributed by atoms with Crippen LogP contribution in [0.3, 0.4) is 0 Å². The van der Waals surface area contributed by atoms with Crippen LogP contribution in [0.15, 0.2) is 46.6 Å². The predicted molar refractivity (Wildman–Crippen MR) is 57.3 cm³/mol. The zero-order valence-electron chi connectivity index (χ0n) is 8.09. The average Bonchev–Trinajstić information content (AvgIpc) is 2.30. The highest BCUT2D eigenvalue weighted by atomic mass is 32.2. The van der Waals surface area contributed by atoms with Crippen molar-refractivity contribution in [1.29, 1.82) is 5.26 Å². The molecular formula is C11H6FN3S. The van der Waals surface area contributed by atoms with E-state index in [1.54, 1.807) is 12.1 Å². The van der Waals surface area contributed by atoms with Gasteiger partial charge in [-0.1, -0.05) is 17.8 Å². The quantitative estimate of drug-likeness (QED) is 0.797. The third-order valence-corrected chi connectivity index (χ3v) is 2.67. The first-order valence-electron chi connectivity index (χ1n) is 4.43. The Balaban J connectivity index is 2.18. The summed E-state index contributed by atoms with van der Waals surface area (Å²) >= 11 is 1.30. The fourth-order valence-corrected chi connectivity index (χ4v) is 1.85. The minimum absolute atomic E-state index is 0.267. The van der Waals surface area contributed by atoms with Crippen molar-refractivity contribution in [2.45, 2.75) is 9.92 Å². The number of rotatable bonds is 2. The molecule has 0 amide bonds. The van der Waals surface area contributed by atoms with Gasteiger partial charge in [0, 0.05) is 4.90 Å². The molecule has 0 bridgehead atoms. The van der Waals surface area contributed by atoms with Crippen LogP contribution in [0.5, 0.6) is 0 Å². The van der Waals surface area contributed by atoms with Crippen LogP contribution >= 0.6 is 11.8 Å². The van der Waals surface area contributed by atoms with Crippen molar-refractivity contribution >= 4 is 11.8 Å². The summed E-state index contributed by atoms with van der Waals surface area (Å²) in [7, 11) is 0. The van der Waals surface area contributed by atoms with Crippen LogP contribution in [0.25, 0.3) is 0 Å². The van der Waals surface area contributed by atoms with E-state index in [9.17, 15) is 4.39 Å². The lowest BCUT2D eigenvalue weighted by atomic mass is 10.4. The number of halogens is 1. The van der Waals surface area contributed by atoms with Gasteiger partial charge in [-0.2, -0.15) is 5.26 Å². The van der Waals surface area contributed by atoms with Gasteiger partial charge in [-0.05, 0) is 18.2 Å². The molecule has 1 aromatic heterocycles. The van der Waals surface area contributed by atoms with E-state index >= 15 is 0 Å². The molecule has 1 aromatic carbocycles. The topological polar surface area (TPSA) is 49.6 Å². The summed E-state index contributed by atoms with van der Waals surface area (Å²) in [5, 5.41) is 9.17. The van der Waals surface area contributed by atoms with Crippen molar-refractivity contribution in [3.05, 3.63) is 48.2 Å². The molecular weight excluding hydrogens is 225 g/mol. The molecule has 0 saturated heterocycles. The van der Waals surface area contributed by atoms with E-state index in [0.717, 1.165) is 4.90 Å². The Morgan fingerprint density at radius 1 is 1.25 bits per heavy atom. The molecule has 0 spiro atoms. The van der Waals surface area contributed by atoms with Crippen LogP contribution in [0, 0.1) is 17.1 Å². The van der Waals surface area contributed by atoms with E-state index in [2.05, 4.69) is 9.97 Å². The fraction of sp³-hybridized carbons (Fsp3) is 0. The molecule has 0 aliphatic rings. The van der Waals surface area contributed by atoms with E-state index in [0.29, 0.717) is 5.03 Å². The van der Waals surface area contributed by atoms with Crippen LogP contribution in [0.4, 0.5) is 4.39 Å². The van der Waals surface area contributed by atoms with Crippen molar-refractivity contribution in [3.8, 4) is 6.07 Å². The maximum atomic E-state index is 12.9. The minimum atomic E-state index is -0.286. The van der Waals surface area contributed by atoms with Crippen LogP contribution in [0.2, 0.25) is 0 Å². The second kappa shape index (κ2) is 4.73. The Hall–Kier alpha value is -1.93. The van der Waals surface area contributed by atoms with Gasteiger partial charge in [-0.25, -0.2) is 14.4 Å². The van der Waals surface area contributed by atoms with Crippen molar-refractivity contribution in [2.75, 3.05) is 0 Å². The smallest absolute Gasteiger partial charge is 0.158 e. The Bertz CT molecular complexity index is 534. The molecule has 0 aliphatic carbocycles. The molecule has 0 saturated carbocycles. The van der Waals surface area contributed by atoms with Gasteiger partial charge < -0.3 is 0 Å². The Kier molecular flexibility index (Phi) is 3.13. The summed E-state index contributed by atoms with van der Waals surface area (Å²) < 4.78 is 12.9. The summed E-state index contributed by atoms with van der Waals surface area (Å²) in [5.74, 6) is -0.286. The molecule has 2 aromatic rings. The molecule has 0 unspecified atom stereocenters. The van der Waals surface area contributed by atoms with Gasteiger partial charge in [-0.15, -0.1) is 0 Å². The van der Waals surface area contributed by atoms with E-state index < -0.39 is 0 Å².